The average Bonchev–Trinajstić information content (AvgIpc) is 2.78. The zero-order valence-electron chi connectivity index (χ0n) is 14.0. The molecular formula is C16H21Cl2N3O3S. The van der Waals surface area contributed by atoms with E-state index in [-0.39, 0.29) is 12.1 Å². The highest BCUT2D eigenvalue weighted by molar-refractivity contribution is 7.88. The van der Waals surface area contributed by atoms with Gasteiger partial charge in [-0.2, -0.15) is 0 Å². The number of carbonyl (C=O) groups excluding carboxylic acids is 1. The first-order valence-electron chi connectivity index (χ1n) is 8.24. The van der Waals surface area contributed by atoms with Crippen LogP contribution in [0.2, 0.25) is 10.0 Å². The summed E-state index contributed by atoms with van der Waals surface area (Å²) < 4.78 is 24.8. The average molecular weight is 406 g/mol. The van der Waals surface area contributed by atoms with Gasteiger partial charge in [0, 0.05) is 26.2 Å². The van der Waals surface area contributed by atoms with Gasteiger partial charge in [-0.1, -0.05) is 29.3 Å². The third kappa shape index (κ3) is 4.05. The standard InChI is InChI=1S/C16H21Cl2N3O3S/c1-25(23,24)21-8-2-7-20(9-10-21)16(22)19-14-6-4-12-11(14)3-5-13(17)15(12)18/h3,5,14H,2,4,6-10H2,1H3,(H,19,22). The lowest BCUT2D eigenvalue weighted by atomic mass is 10.1. The molecule has 1 heterocycles. The summed E-state index contributed by atoms with van der Waals surface area (Å²) in [6.45, 7) is 1.70. The summed E-state index contributed by atoms with van der Waals surface area (Å²) in [7, 11) is -3.22. The number of carbonyl (C=O) groups is 1. The van der Waals surface area contributed by atoms with Crippen molar-refractivity contribution < 1.29 is 13.2 Å². The molecule has 1 aromatic rings. The third-order valence-corrected chi connectivity index (χ3v) is 6.95. The van der Waals surface area contributed by atoms with Gasteiger partial charge in [0.15, 0.2) is 0 Å². The molecule has 1 unspecified atom stereocenters. The normalized spacial score (nSPS) is 21.7. The first-order valence-corrected chi connectivity index (χ1v) is 10.8. The minimum atomic E-state index is -3.22. The first-order chi connectivity index (χ1) is 11.8. The van der Waals surface area contributed by atoms with E-state index in [0.29, 0.717) is 42.6 Å². The number of hydrogen-bond donors (Lipinski definition) is 1. The molecule has 1 fully saturated rings. The van der Waals surface area contributed by atoms with Crippen molar-refractivity contribution in [1.29, 1.82) is 0 Å². The van der Waals surface area contributed by atoms with Crippen molar-refractivity contribution in [1.82, 2.24) is 14.5 Å². The van der Waals surface area contributed by atoms with Crippen molar-refractivity contribution in [2.45, 2.75) is 25.3 Å². The molecule has 0 aromatic heterocycles. The van der Waals surface area contributed by atoms with E-state index in [9.17, 15) is 13.2 Å². The molecule has 138 valence electrons. The number of benzene rings is 1. The summed E-state index contributed by atoms with van der Waals surface area (Å²) in [6, 6.07) is 3.41. The van der Waals surface area contributed by atoms with Gasteiger partial charge in [-0.15, -0.1) is 0 Å². The molecule has 1 saturated heterocycles. The molecule has 0 saturated carbocycles. The van der Waals surface area contributed by atoms with Crippen molar-refractivity contribution in [3.05, 3.63) is 33.3 Å². The van der Waals surface area contributed by atoms with E-state index in [1.807, 2.05) is 6.07 Å². The fourth-order valence-electron chi connectivity index (χ4n) is 3.45. The molecule has 0 radical (unpaired) electrons. The van der Waals surface area contributed by atoms with Gasteiger partial charge >= 0.3 is 6.03 Å². The predicted octanol–water partition coefficient (Wildman–Crippen LogP) is 2.66. The van der Waals surface area contributed by atoms with Crippen molar-refractivity contribution in [2.24, 2.45) is 0 Å². The molecule has 3 rings (SSSR count). The Kier molecular flexibility index (Phi) is 5.48. The van der Waals surface area contributed by atoms with E-state index in [1.54, 1.807) is 11.0 Å². The maximum atomic E-state index is 12.6. The van der Waals surface area contributed by atoms with Gasteiger partial charge in [-0.25, -0.2) is 17.5 Å². The topological polar surface area (TPSA) is 69.7 Å². The van der Waals surface area contributed by atoms with Crippen molar-refractivity contribution in [3.8, 4) is 0 Å². The zero-order valence-corrected chi connectivity index (χ0v) is 16.3. The molecule has 1 aliphatic carbocycles. The molecule has 9 heteroatoms. The van der Waals surface area contributed by atoms with Crippen LogP contribution in [0, 0.1) is 0 Å². The van der Waals surface area contributed by atoms with Crippen molar-refractivity contribution in [2.75, 3.05) is 32.4 Å². The Morgan fingerprint density at radius 2 is 1.96 bits per heavy atom. The van der Waals surface area contributed by atoms with Crippen LogP contribution in [0.15, 0.2) is 12.1 Å². The number of nitrogens with one attached hydrogen (secondary N) is 1. The number of nitrogens with zero attached hydrogens (tertiary/aromatic N) is 2. The van der Waals surface area contributed by atoms with Crippen LogP contribution >= 0.6 is 23.2 Å². The molecule has 0 spiro atoms. The minimum absolute atomic E-state index is 0.0912. The van der Waals surface area contributed by atoms with E-state index in [4.69, 9.17) is 23.2 Å². The maximum Gasteiger partial charge on any atom is 0.317 e. The molecule has 6 nitrogen and oxygen atoms in total. The maximum absolute atomic E-state index is 12.6. The van der Waals surface area contributed by atoms with Crippen LogP contribution in [-0.4, -0.2) is 56.1 Å². The van der Waals surface area contributed by atoms with Gasteiger partial charge in [0.05, 0.1) is 22.3 Å². The second kappa shape index (κ2) is 7.31. The summed E-state index contributed by atoms with van der Waals surface area (Å²) in [5, 5.41) is 4.14. The van der Waals surface area contributed by atoms with Crippen LogP contribution in [0.25, 0.3) is 0 Å². The molecule has 1 aromatic carbocycles. The molecular weight excluding hydrogens is 385 g/mol. The van der Waals surface area contributed by atoms with Crippen LogP contribution in [-0.2, 0) is 16.4 Å². The van der Waals surface area contributed by atoms with Gasteiger partial charge in [-0.05, 0) is 36.5 Å². The highest BCUT2D eigenvalue weighted by atomic mass is 35.5. The molecule has 0 bridgehead atoms. The van der Waals surface area contributed by atoms with Gasteiger partial charge in [0.1, 0.15) is 0 Å². The van der Waals surface area contributed by atoms with Crippen LogP contribution in [0.5, 0.6) is 0 Å². The minimum Gasteiger partial charge on any atom is -0.331 e. The smallest absolute Gasteiger partial charge is 0.317 e. The Bertz CT molecular complexity index is 785. The highest BCUT2D eigenvalue weighted by Gasteiger charge is 2.29. The number of urea groups is 1. The molecule has 25 heavy (non-hydrogen) atoms. The molecule has 1 N–H and O–H groups in total. The summed E-state index contributed by atoms with van der Waals surface area (Å²) in [5.74, 6) is 0. The second-order valence-electron chi connectivity index (χ2n) is 6.47. The first kappa shape index (κ1) is 18.8. The molecule has 1 atom stereocenters. The largest absolute Gasteiger partial charge is 0.331 e. The summed E-state index contributed by atoms with van der Waals surface area (Å²) in [4.78, 5) is 14.3. The number of halogens is 2. The van der Waals surface area contributed by atoms with Crippen molar-refractivity contribution >= 4 is 39.3 Å². The van der Waals surface area contributed by atoms with Gasteiger partial charge in [0.25, 0.3) is 0 Å². The quantitative estimate of drug-likeness (QED) is 0.821. The Morgan fingerprint density at radius 1 is 1.20 bits per heavy atom. The van der Waals surface area contributed by atoms with Crippen LogP contribution in [0.1, 0.15) is 30.0 Å². The van der Waals surface area contributed by atoms with Crippen LogP contribution in [0.4, 0.5) is 4.79 Å². The number of sulfonamides is 1. The number of hydrogen-bond acceptors (Lipinski definition) is 3. The molecule has 1 aliphatic heterocycles. The number of amides is 2. The number of fused-ring (bicyclic) bond motifs is 1. The fourth-order valence-corrected chi connectivity index (χ4v) is 4.77. The van der Waals surface area contributed by atoms with Gasteiger partial charge in [-0.3, -0.25) is 0 Å². The number of rotatable bonds is 2. The fraction of sp³-hybridized carbons (Fsp3) is 0.562. The predicted molar refractivity (Wildman–Crippen MR) is 98.7 cm³/mol. The lowest BCUT2D eigenvalue weighted by Gasteiger charge is -2.24. The third-order valence-electron chi connectivity index (χ3n) is 4.80. The van der Waals surface area contributed by atoms with Crippen molar-refractivity contribution in [3.63, 3.8) is 0 Å². The van der Waals surface area contributed by atoms with E-state index in [2.05, 4.69) is 5.32 Å². The Hall–Kier alpha value is -1.02. The molecule has 2 aliphatic rings. The van der Waals surface area contributed by atoms with E-state index < -0.39 is 10.0 Å². The summed E-state index contributed by atoms with van der Waals surface area (Å²) in [6.07, 6.45) is 3.39. The summed E-state index contributed by atoms with van der Waals surface area (Å²) >= 11 is 12.3. The highest BCUT2D eigenvalue weighted by Crippen LogP contribution is 2.39. The van der Waals surface area contributed by atoms with Crippen LogP contribution in [0.3, 0.4) is 0 Å². The van der Waals surface area contributed by atoms with E-state index in [1.165, 1.54) is 10.6 Å². The lowest BCUT2D eigenvalue weighted by Crippen LogP contribution is -2.43. The Balaban J connectivity index is 1.66. The lowest BCUT2D eigenvalue weighted by molar-refractivity contribution is 0.196. The van der Waals surface area contributed by atoms with Gasteiger partial charge < -0.3 is 10.2 Å². The van der Waals surface area contributed by atoms with Gasteiger partial charge in [0.2, 0.25) is 10.0 Å². The second-order valence-corrected chi connectivity index (χ2v) is 9.24. The van der Waals surface area contributed by atoms with E-state index >= 15 is 0 Å². The SMILES string of the molecule is CS(=O)(=O)N1CCCN(C(=O)NC2CCc3c2ccc(Cl)c3Cl)CC1. The monoisotopic (exact) mass is 405 g/mol. The zero-order chi connectivity index (χ0) is 18.2. The molecule has 2 amide bonds. The summed E-state index contributed by atoms with van der Waals surface area (Å²) in [5.41, 5.74) is 2.01. The van der Waals surface area contributed by atoms with Crippen LogP contribution < -0.4 is 5.32 Å². The Labute approximate surface area is 158 Å². The Morgan fingerprint density at radius 3 is 2.68 bits per heavy atom. The van der Waals surface area contributed by atoms with E-state index in [0.717, 1.165) is 24.0 Å².